The van der Waals surface area contributed by atoms with Crippen molar-refractivity contribution in [2.45, 2.75) is 5.41 Å². The molecule has 0 saturated carbocycles. The number of fused-ring (bicyclic) bond motifs is 9. The average molecular weight is 791 g/mol. The van der Waals surface area contributed by atoms with Crippen LogP contribution in [0.1, 0.15) is 22.3 Å². The molecule has 1 aliphatic heterocycles. The Labute approximate surface area is 361 Å². The number of ether oxygens (including phenoxy) is 1. The fourth-order valence-electron chi connectivity index (χ4n) is 9.78. The Balaban J connectivity index is 0.970. The topological polar surface area (TPSA) is 35.0 Å². The Bertz CT molecular complexity index is 3290. The lowest BCUT2D eigenvalue weighted by atomic mass is 9.65. The molecule has 62 heavy (non-hydrogen) atoms. The van der Waals surface area contributed by atoms with E-state index in [1.807, 2.05) is 12.1 Å². The first-order chi connectivity index (χ1) is 30.7. The Morgan fingerprint density at radius 3 is 1.42 bits per heavy atom. The molecule has 0 fully saturated rings. The highest BCUT2D eigenvalue weighted by atomic mass is 16.5. The molecule has 0 radical (unpaired) electrons. The van der Waals surface area contributed by atoms with Crippen molar-refractivity contribution >= 4 is 0 Å². The lowest BCUT2D eigenvalue weighted by Gasteiger charge is -2.40. The zero-order chi connectivity index (χ0) is 41.0. The zero-order valence-corrected chi connectivity index (χ0v) is 33.7. The maximum atomic E-state index is 7.01. The van der Waals surface area contributed by atoms with E-state index in [2.05, 4.69) is 218 Å². The Kier molecular flexibility index (Phi) is 8.39. The van der Waals surface area contributed by atoms with Gasteiger partial charge in [-0.05, 0) is 80.4 Å². The first kappa shape index (κ1) is 35.8. The van der Waals surface area contributed by atoms with Crippen LogP contribution in [-0.4, -0.2) is 9.97 Å². The fourth-order valence-corrected chi connectivity index (χ4v) is 9.78. The zero-order valence-electron chi connectivity index (χ0n) is 33.7. The molecule has 2 aliphatic rings. The van der Waals surface area contributed by atoms with Crippen molar-refractivity contribution in [3.63, 3.8) is 0 Å². The lowest BCUT2D eigenvalue weighted by Crippen LogP contribution is -2.32. The van der Waals surface area contributed by atoms with Crippen molar-refractivity contribution in [3.05, 3.63) is 253 Å². The van der Waals surface area contributed by atoms with E-state index in [1.165, 1.54) is 33.4 Å². The van der Waals surface area contributed by atoms with E-state index in [0.717, 1.165) is 73.0 Å². The standard InChI is InChI=1S/C59H38N2O/c1-3-17-39(18-4-1)41-21-14-25-45(36-41)55-38-54(40-19-5-2-6-20-40)60-58(61-55)46-26-15-23-43(37-46)42-22-13-24-44(35-42)47-29-16-33-53-57(47)62-56-34-12-11-32-52(56)59(53)50-30-9-7-27-48(50)49-28-8-10-31-51(49)59/h1-38H. The van der Waals surface area contributed by atoms with E-state index in [9.17, 15) is 0 Å². The van der Waals surface area contributed by atoms with Crippen LogP contribution >= 0.6 is 0 Å². The van der Waals surface area contributed by atoms with Crippen LogP contribution in [0.5, 0.6) is 11.5 Å². The van der Waals surface area contributed by atoms with Gasteiger partial charge in [-0.15, -0.1) is 0 Å². The van der Waals surface area contributed by atoms with Gasteiger partial charge >= 0.3 is 0 Å². The number of benzene rings is 9. The molecule has 0 saturated heterocycles. The molecule has 10 aromatic rings. The number of hydrogen-bond donors (Lipinski definition) is 0. The molecular weight excluding hydrogens is 753 g/mol. The molecule has 9 aromatic carbocycles. The number of hydrogen-bond acceptors (Lipinski definition) is 3. The minimum absolute atomic E-state index is 0.519. The predicted molar refractivity (Wildman–Crippen MR) is 252 cm³/mol. The maximum absolute atomic E-state index is 7.01. The third-order valence-corrected chi connectivity index (χ3v) is 12.6. The van der Waals surface area contributed by atoms with Gasteiger partial charge in [0, 0.05) is 33.4 Å². The number of para-hydroxylation sites is 2. The summed E-state index contributed by atoms with van der Waals surface area (Å²) < 4.78 is 7.01. The predicted octanol–water partition coefficient (Wildman–Crippen LogP) is 14.9. The van der Waals surface area contributed by atoms with Gasteiger partial charge in [-0.1, -0.05) is 200 Å². The van der Waals surface area contributed by atoms with Gasteiger partial charge in [0.25, 0.3) is 0 Å². The third kappa shape index (κ3) is 5.74. The molecule has 0 atom stereocenters. The molecule has 0 bridgehead atoms. The van der Waals surface area contributed by atoms with Crippen molar-refractivity contribution < 1.29 is 4.74 Å². The van der Waals surface area contributed by atoms with Crippen molar-refractivity contribution in [3.8, 4) is 89.9 Å². The van der Waals surface area contributed by atoms with Crippen LogP contribution < -0.4 is 4.74 Å². The highest BCUT2D eigenvalue weighted by Crippen LogP contribution is 2.63. The van der Waals surface area contributed by atoms with Crippen LogP contribution in [0.2, 0.25) is 0 Å². The van der Waals surface area contributed by atoms with Gasteiger partial charge in [0.15, 0.2) is 5.82 Å². The summed E-state index contributed by atoms with van der Waals surface area (Å²) in [6, 6.07) is 81.9. The summed E-state index contributed by atoms with van der Waals surface area (Å²) in [5.74, 6) is 2.45. The van der Waals surface area contributed by atoms with Gasteiger partial charge in [-0.25, -0.2) is 9.97 Å². The Morgan fingerprint density at radius 1 is 0.290 bits per heavy atom. The van der Waals surface area contributed by atoms with E-state index in [4.69, 9.17) is 14.7 Å². The van der Waals surface area contributed by atoms with Gasteiger partial charge in [0.05, 0.1) is 16.8 Å². The molecule has 0 N–H and O–H groups in total. The smallest absolute Gasteiger partial charge is 0.160 e. The normalized spacial score (nSPS) is 12.8. The van der Waals surface area contributed by atoms with E-state index in [-0.39, 0.29) is 0 Å². The van der Waals surface area contributed by atoms with Crippen LogP contribution in [0.4, 0.5) is 0 Å². The molecule has 1 aliphatic carbocycles. The SMILES string of the molecule is c1ccc(-c2cccc(-c3cc(-c4ccccc4)nc(-c4cccc(-c5cccc(-c6cccc7c6Oc6ccccc6C76c7ccccc7-c7ccccc76)c5)c4)n3)c2)cc1. The highest BCUT2D eigenvalue weighted by molar-refractivity contribution is 5.91. The van der Waals surface area contributed by atoms with Crippen molar-refractivity contribution in [1.82, 2.24) is 9.97 Å². The molecule has 3 nitrogen and oxygen atoms in total. The van der Waals surface area contributed by atoms with E-state index >= 15 is 0 Å². The summed E-state index contributed by atoms with van der Waals surface area (Å²) >= 11 is 0. The highest BCUT2D eigenvalue weighted by Gasteiger charge is 2.51. The summed E-state index contributed by atoms with van der Waals surface area (Å²) in [7, 11) is 0. The minimum atomic E-state index is -0.519. The van der Waals surface area contributed by atoms with Gasteiger partial charge in [0.1, 0.15) is 11.5 Å². The third-order valence-electron chi connectivity index (χ3n) is 12.6. The molecule has 1 aromatic heterocycles. The summed E-state index contributed by atoms with van der Waals surface area (Å²) in [4.78, 5) is 10.4. The van der Waals surface area contributed by atoms with E-state index in [0.29, 0.717) is 5.82 Å². The van der Waals surface area contributed by atoms with Crippen molar-refractivity contribution in [2.24, 2.45) is 0 Å². The minimum Gasteiger partial charge on any atom is -0.456 e. The first-order valence-electron chi connectivity index (χ1n) is 21.1. The summed E-state index contributed by atoms with van der Waals surface area (Å²) in [5, 5.41) is 0. The van der Waals surface area contributed by atoms with E-state index in [1.54, 1.807) is 0 Å². The quantitative estimate of drug-likeness (QED) is 0.168. The summed E-state index contributed by atoms with van der Waals surface area (Å²) in [5.41, 5.74) is 18.3. The van der Waals surface area contributed by atoms with Crippen LogP contribution in [0.25, 0.3) is 78.4 Å². The largest absolute Gasteiger partial charge is 0.456 e. The van der Waals surface area contributed by atoms with E-state index < -0.39 is 5.41 Å². The van der Waals surface area contributed by atoms with Crippen molar-refractivity contribution in [2.75, 3.05) is 0 Å². The van der Waals surface area contributed by atoms with Gasteiger partial charge < -0.3 is 4.74 Å². The molecule has 1 spiro atoms. The van der Waals surface area contributed by atoms with Crippen LogP contribution in [0.3, 0.4) is 0 Å². The Hall–Kier alpha value is -8.14. The average Bonchev–Trinajstić information content (AvgIpc) is 3.65. The number of nitrogens with zero attached hydrogens (tertiary/aromatic N) is 2. The summed E-state index contributed by atoms with van der Waals surface area (Å²) in [6.45, 7) is 0. The van der Waals surface area contributed by atoms with Crippen molar-refractivity contribution in [1.29, 1.82) is 0 Å². The second kappa shape index (κ2) is 14.5. The second-order valence-corrected chi connectivity index (χ2v) is 16.1. The molecule has 0 amide bonds. The maximum Gasteiger partial charge on any atom is 0.160 e. The molecule has 290 valence electrons. The van der Waals surface area contributed by atoms with Gasteiger partial charge in [-0.3, -0.25) is 0 Å². The monoisotopic (exact) mass is 790 g/mol. The molecule has 0 unspecified atom stereocenters. The first-order valence-corrected chi connectivity index (χ1v) is 21.1. The van der Waals surface area contributed by atoms with Crippen LogP contribution in [0.15, 0.2) is 231 Å². The lowest BCUT2D eigenvalue weighted by molar-refractivity contribution is 0.438. The fraction of sp³-hybridized carbons (Fsp3) is 0.0169. The van der Waals surface area contributed by atoms with Crippen LogP contribution in [0, 0.1) is 0 Å². The van der Waals surface area contributed by atoms with Gasteiger partial charge in [0.2, 0.25) is 0 Å². The number of aromatic nitrogens is 2. The molecule has 2 heterocycles. The molecule has 3 heteroatoms. The molecular formula is C59H38N2O. The Morgan fingerprint density at radius 2 is 0.726 bits per heavy atom. The summed E-state index contributed by atoms with van der Waals surface area (Å²) in [6.07, 6.45) is 0. The van der Waals surface area contributed by atoms with Crippen LogP contribution in [-0.2, 0) is 5.41 Å². The van der Waals surface area contributed by atoms with Gasteiger partial charge in [-0.2, -0.15) is 0 Å². The number of rotatable bonds is 6. The molecule has 12 rings (SSSR count). The second-order valence-electron chi connectivity index (χ2n) is 16.1.